The second-order valence-corrected chi connectivity index (χ2v) is 8.97. The number of pyridine rings is 1. The number of aromatic nitrogens is 4. The first kappa shape index (κ1) is 20.4. The molecule has 0 radical (unpaired) electrons. The van der Waals surface area contributed by atoms with Gasteiger partial charge in [-0.15, -0.1) is 0 Å². The minimum Gasteiger partial charge on any atom is -0.491 e. The normalized spacial score (nSPS) is 13.8. The van der Waals surface area contributed by atoms with E-state index in [4.69, 9.17) is 16.2 Å². The molecule has 0 saturated carbocycles. The SMILES string of the molecule is CC(C)c1c(F)nc(N)nc1N1CCOc2ccc(-c3cnc4sc(N)nc4c3)cc2C1. The molecule has 0 saturated heterocycles. The van der Waals surface area contributed by atoms with Gasteiger partial charge in [0.05, 0.1) is 12.1 Å². The summed E-state index contributed by atoms with van der Waals surface area (Å²) in [6, 6.07) is 7.98. The molecule has 164 valence electrons. The lowest BCUT2D eigenvalue weighted by Crippen LogP contribution is -2.28. The Labute approximate surface area is 188 Å². The lowest BCUT2D eigenvalue weighted by Gasteiger charge is -2.25. The van der Waals surface area contributed by atoms with Crippen molar-refractivity contribution in [2.75, 3.05) is 29.5 Å². The second kappa shape index (κ2) is 7.86. The molecule has 1 aliphatic heterocycles. The number of hydrogen-bond acceptors (Lipinski definition) is 9. The summed E-state index contributed by atoms with van der Waals surface area (Å²) < 4.78 is 20.6. The second-order valence-electron chi connectivity index (χ2n) is 7.96. The Morgan fingerprint density at radius 3 is 2.78 bits per heavy atom. The van der Waals surface area contributed by atoms with Crippen molar-refractivity contribution < 1.29 is 9.13 Å². The van der Waals surface area contributed by atoms with Crippen LogP contribution >= 0.6 is 11.3 Å². The number of thiazole rings is 1. The summed E-state index contributed by atoms with van der Waals surface area (Å²) in [4.78, 5) is 19.7. The molecule has 4 aromatic rings. The first-order valence-corrected chi connectivity index (χ1v) is 11.1. The van der Waals surface area contributed by atoms with E-state index < -0.39 is 5.95 Å². The number of nitrogens with zero attached hydrogens (tertiary/aromatic N) is 5. The van der Waals surface area contributed by atoms with Crippen molar-refractivity contribution >= 4 is 38.6 Å². The van der Waals surface area contributed by atoms with Gasteiger partial charge in [-0.3, -0.25) is 0 Å². The molecule has 0 unspecified atom stereocenters. The topological polar surface area (TPSA) is 116 Å². The van der Waals surface area contributed by atoms with E-state index in [1.54, 1.807) is 0 Å². The minimum atomic E-state index is -0.580. The quantitative estimate of drug-likeness (QED) is 0.450. The fourth-order valence-electron chi connectivity index (χ4n) is 3.94. The predicted molar refractivity (Wildman–Crippen MR) is 124 cm³/mol. The molecule has 1 aliphatic rings. The molecule has 10 heteroatoms. The molecular weight excluding hydrogens is 429 g/mol. The van der Waals surface area contributed by atoms with Crippen LogP contribution in [0.25, 0.3) is 21.5 Å². The number of ether oxygens (including phenoxy) is 1. The highest BCUT2D eigenvalue weighted by atomic mass is 32.1. The van der Waals surface area contributed by atoms with Gasteiger partial charge in [-0.25, -0.2) is 9.97 Å². The molecule has 0 bridgehead atoms. The Kier molecular flexibility index (Phi) is 5.01. The van der Waals surface area contributed by atoms with Gasteiger partial charge in [0.1, 0.15) is 28.5 Å². The van der Waals surface area contributed by atoms with E-state index in [2.05, 4.69) is 26.0 Å². The third-order valence-electron chi connectivity index (χ3n) is 5.41. The van der Waals surface area contributed by atoms with Crippen LogP contribution in [0.15, 0.2) is 30.5 Å². The number of nitrogens with two attached hydrogens (primary N) is 2. The van der Waals surface area contributed by atoms with Crippen LogP contribution in [0.2, 0.25) is 0 Å². The van der Waals surface area contributed by atoms with E-state index in [-0.39, 0.29) is 11.9 Å². The molecule has 8 nitrogen and oxygen atoms in total. The van der Waals surface area contributed by atoms with Gasteiger partial charge in [0, 0.05) is 23.9 Å². The van der Waals surface area contributed by atoms with Crippen molar-refractivity contribution in [2.45, 2.75) is 26.3 Å². The van der Waals surface area contributed by atoms with E-state index in [0.717, 1.165) is 32.8 Å². The maximum atomic E-state index is 14.6. The first-order valence-electron chi connectivity index (χ1n) is 10.2. The highest BCUT2D eigenvalue weighted by Gasteiger charge is 2.24. The van der Waals surface area contributed by atoms with Crippen LogP contribution in [0, 0.1) is 5.95 Å². The van der Waals surface area contributed by atoms with Crippen LogP contribution in [0.5, 0.6) is 5.75 Å². The average molecular weight is 452 g/mol. The van der Waals surface area contributed by atoms with Crippen LogP contribution in [0.4, 0.5) is 21.3 Å². The van der Waals surface area contributed by atoms with Gasteiger partial charge >= 0.3 is 0 Å². The zero-order valence-electron chi connectivity index (χ0n) is 17.7. The molecule has 1 aromatic carbocycles. The molecule has 5 rings (SSSR count). The summed E-state index contributed by atoms with van der Waals surface area (Å²) in [5.74, 6) is 0.542. The average Bonchev–Trinajstić information content (AvgIpc) is 2.98. The van der Waals surface area contributed by atoms with E-state index in [1.807, 2.05) is 43.1 Å². The zero-order chi connectivity index (χ0) is 22.4. The van der Waals surface area contributed by atoms with E-state index in [9.17, 15) is 4.39 Å². The summed E-state index contributed by atoms with van der Waals surface area (Å²) >= 11 is 1.36. The Morgan fingerprint density at radius 2 is 1.97 bits per heavy atom. The minimum absolute atomic E-state index is 0.0806. The Bertz CT molecular complexity index is 1320. The molecule has 4 N–H and O–H groups in total. The van der Waals surface area contributed by atoms with Crippen molar-refractivity contribution in [3.8, 4) is 16.9 Å². The molecule has 32 heavy (non-hydrogen) atoms. The third kappa shape index (κ3) is 3.66. The molecule has 0 spiro atoms. The monoisotopic (exact) mass is 451 g/mol. The lowest BCUT2D eigenvalue weighted by molar-refractivity contribution is 0.331. The summed E-state index contributed by atoms with van der Waals surface area (Å²) in [7, 11) is 0. The molecule has 0 aliphatic carbocycles. The van der Waals surface area contributed by atoms with Crippen LogP contribution in [0.3, 0.4) is 0 Å². The van der Waals surface area contributed by atoms with Crippen LogP contribution in [0.1, 0.15) is 30.9 Å². The number of hydrogen-bond donors (Lipinski definition) is 2. The lowest BCUT2D eigenvalue weighted by atomic mass is 10.0. The molecule has 4 heterocycles. The van der Waals surface area contributed by atoms with Gasteiger partial charge in [0.2, 0.25) is 11.9 Å². The van der Waals surface area contributed by atoms with Crippen LogP contribution in [-0.4, -0.2) is 33.1 Å². The van der Waals surface area contributed by atoms with Gasteiger partial charge in [0.15, 0.2) is 5.13 Å². The Morgan fingerprint density at radius 1 is 1.12 bits per heavy atom. The third-order valence-corrected chi connectivity index (χ3v) is 6.22. The molecule has 0 atom stereocenters. The van der Waals surface area contributed by atoms with E-state index >= 15 is 0 Å². The summed E-state index contributed by atoms with van der Waals surface area (Å²) in [6.07, 6.45) is 1.81. The highest BCUT2D eigenvalue weighted by molar-refractivity contribution is 7.21. The highest BCUT2D eigenvalue weighted by Crippen LogP contribution is 2.34. The van der Waals surface area contributed by atoms with Gasteiger partial charge in [-0.2, -0.15) is 14.4 Å². The largest absolute Gasteiger partial charge is 0.491 e. The number of fused-ring (bicyclic) bond motifs is 2. The van der Waals surface area contributed by atoms with Crippen molar-refractivity contribution in [3.05, 3.63) is 47.5 Å². The molecule has 0 fully saturated rings. The first-order chi connectivity index (χ1) is 15.4. The number of anilines is 3. The van der Waals surface area contributed by atoms with E-state index in [0.29, 0.717) is 36.2 Å². The summed E-state index contributed by atoms with van der Waals surface area (Å²) in [5, 5.41) is 0.493. The van der Waals surface area contributed by atoms with Crippen molar-refractivity contribution in [3.63, 3.8) is 0 Å². The Balaban J connectivity index is 1.54. The maximum Gasteiger partial charge on any atom is 0.224 e. The Hall–Kier alpha value is -3.53. The number of rotatable bonds is 3. The zero-order valence-corrected chi connectivity index (χ0v) is 18.5. The van der Waals surface area contributed by atoms with Gasteiger partial charge in [0.25, 0.3) is 0 Å². The predicted octanol–water partition coefficient (Wildman–Crippen LogP) is 3.97. The van der Waals surface area contributed by atoms with Gasteiger partial charge in [-0.1, -0.05) is 31.3 Å². The fraction of sp³-hybridized carbons (Fsp3) is 0.273. The fourth-order valence-corrected chi connectivity index (χ4v) is 4.59. The summed E-state index contributed by atoms with van der Waals surface area (Å²) in [6.45, 7) is 5.32. The van der Waals surface area contributed by atoms with Gasteiger partial charge in [-0.05, 0) is 29.7 Å². The standard InChI is InChI=1S/C22H22FN7OS/c1-11(2)17-18(23)28-21(24)29-19(17)30-5-6-31-16-4-3-12(7-14(16)10-30)13-8-15-20(26-9-13)32-22(25)27-15/h3-4,7-9,11H,5-6,10H2,1-2H3,(H2,25,27)(H2,24,28,29). The molecular formula is C22H22FN7OS. The van der Waals surface area contributed by atoms with Crippen molar-refractivity contribution in [1.29, 1.82) is 0 Å². The maximum absolute atomic E-state index is 14.6. The summed E-state index contributed by atoms with van der Waals surface area (Å²) in [5.41, 5.74) is 15.7. The van der Waals surface area contributed by atoms with Crippen molar-refractivity contribution in [2.24, 2.45) is 0 Å². The van der Waals surface area contributed by atoms with Crippen LogP contribution in [-0.2, 0) is 6.54 Å². The molecule has 0 amide bonds. The number of halogens is 1. The van der Waals surface area contributed by atoms with Crippen LogP contribution < -0.4 is 21.1 Å². The smallest absolute Gasteiger partial charge is 0.224 e. The van der Waals surface area contributed by atoms with Crippen molar-refractivity contribution in [1.82, 2.24) is 19.9 Å². The molecule has 3 aromatic heterocycles. The number of benzene rings is 1. The van der Waals surface area contributed by atoms with Gasteiger partial charge < -0.3 is 21.1 Å². The number of nitrogen functional groups attached to an aromatic ring is 2. The van der Waals surface area contributed by atoms with E-state index in [1.165, 1.54) is 11.3 Å².